The van der Waals surface area contributed by atoms with Gasteiger partial charge in [-0.25, -0.2) is 0 Å². The summed E-state index contributed by atoms with van der Waals surface area (Å²) in [6, 6.07) is 13.1. The zero-order valence-corrected chi connectivity index (χ0v) is 10.2. The van der Waals surface area contributed by atoms with Crippen LogP contribution in [-0.2, 0) is 6.61 Å². The van der Waals surface area contributed by atoms with Crippen molar-refractivity contribution in [3.05, 3.63) is 59.9 Å². The minimum atomic E-state index is -0.0873. The Labute approximate surface area is 110 Å². The summed E-state index contributed by atoms with van der Waals surface area (Å²) in [5.41, 5.74) is 3.98. The first-order valence-corrected chi connectivity index (χ1v) is 5.98. The van der Waals surface area contributed by atoms with E-state index in [0.29, 0.717) is 5.56 Å². The molecule has 0 saturated heterocycles. The summed E-state index contributed by atoms with van der Waals surface area (Å²) in [4.78, 5) is 11.0. The summed E-state index contributed by atoms with van der Waals surface area (Å²) in [6.45, 7) is -0.0873. The van der Waals surface area contributed by atoms with Crippen LogP contribution in [0.5, 0.6) is 0 Å². The SMILES string of the molecule is O=Cc1cc(CO)cc(-c2cccc3occc23)c1. The van der Waals surface area contributed by atoms with E-state index in [1.807, 2.05) is 36.4 Å². The lowest BCUT2D eigenvalue weighted by Gasteiger charge is -2.07. The van der Waals surface area contributed by atoms with Crippen molar-refractivity contribution in [1.82, 2.24) is 0 Å². The summed E-state index contributed by atoms with van der Waals surface area (Å²) in [7, 11) is 0. The molecule has 0 atom stereocenters. The Morgan fingerprint density at radius 3 is 2.84 bits per heavy atom. The van der Waals surface area contributed by atoms with E-state index in [2.05, 4.69) is 0 Å². The number of aldehydes is 1. The Balaban J connectivity index is 2.26. The summed E-state index contributed by atoms with van der Waals surface area (Å²) < 4.78 is 5.37. The fourth-order valence-electron chi connectivity index (χ4n) is 2.28. The van der Waals surface area contributed by atoms with E-state index in [1.165, 1.54) is 0 Å². The highest BCUT2D eigenvalue weighted by Crippen LogP contribution is 2.30. The van der Waals surface area contributed by atoms with Gasteiger partial charge in [0.1, 0.15) is 11.9 Å². The molecule has 94 valence electrons. The third-order valence-electron chi connectivity index (χ3n) is 3.14. The topological polar surface area (TPSA) is 50.4 Å². The number of hydrogen-bond donors (Lipinski definition) is 1. The minimum absolute atomic E-state index is 0.0873. The van der Waals surface area contributed by atoms with E-state index in [1.54, 1.807) is 12.3 Å². The van der Waals surface area contributed by atoms with Crippen LogP contribution in [0.1, 0.15) is 15.9 Å². The quantitative estimate of drug-likeness (QED) is 0.727. The van der Waals surface area contributed by atoms with Crippen LogP contribution in [0.15, 0.2) is 53.1 Å². The van der Waals surface area contributed by atoms with Crippen LogP contribution in [0.4, 0.5) is 0 Å². The van der Waals surface area contributed by atoms with Gasteiger partial charge in [-0.1, -0.05) is 12.1 Å². The number of carbonyl (C=O) groups excluding carboxylic acids is 1. The van der Waals surface area contributed by atoms with Gasteiger partial charge in [-0.3, -0.25) is 4.79 Å². The maximum absolute atomic E-state index is 11.0. The number of aliphatic hydroxyl groups is 1. The second kappa shape index (κ2) is 4.71. The van der Waals surface area contributed by atoms with Gasteiger partial charge in [0.15, 0.2) is 0 Å². The van der Waals surface area contributed by atoms with Crippen molar-refractivity contribution in [2.24, 2.45) is 0 Å². The van der Waals surface area contributed by atoms with E-state index < -0.39 is 0 Å². The average molecular weight is 252 g/mol. The van der Waals surface area contributed by atoms with Gasteiger partial charge in [-0.05, 0) is 47.0 Å². The highest BCUT2D eigenvalue weighted by atomic mass is 16.3. The number of fused-ring (bicyclic) bond motifs is 1. The zero-order valence-electron chi connectivity index (χ0n) is 10.2. The number of benzene rings is 2. The molecule has 0 radical (unpaired) electrons. The number of rotatable bonds is 3. The van der Waals surface area contributed by atoms with Crippen LogP contribution >= 0.6 is 0 Å². The van der Waals surface area contributed by atoms with Crippen LogP contribution in [0, 0.1) is 0 Å². The number of aliphatic hydroxyl groups excluding tert-OH is 1. The molecular weight excluding hydrogens is 240 g/mol. The fourth-order valence-corrected chi connectivity index (χ4v) is 2.28. The molecule has 0 aliphatic carbocycles. The average Bonchev–Trinajstić information content (AvgIpc) is 2.94. The third-order valence-corrected chi connectivity index (χ3v) is 3.14. The molecule has 3 heteroatoms. The van der Waals surface area contributed by atoms with Crippen LogP contribution in [0.3, 0.4) is 0 Å². The van der Waals surface area contributed by atoms with E-state index in [0.717, 1.165) is 33.9 Å². The van der Waals surface area contributed by atoms with Crippen molar-refractivity contribution < 1.29 is 14.3 Å². The van der Waals surface area contributed by atoms with Gasteiger partial charge in [0.25, 0.3) is 0 Å². The molecule has 1 heterocycles. The number of furan rings is 1. The zero-order chi connectivity index (χ0) is 13.2. The van der Waals surface area contributed by atoms with Gasteiger partial charge in [0.05, 0.1) is 12.9 Å². The molecule has 1 aromatic heterocycles. The highest BCUT2D eigenvalue weighted by Gasteiger charge is 2.08. The first-order chi connectivity index (χ1) is 9.31. The molecule has 0 amide bonds. The lowest BCUT2D eigenvalue weighted by atomic mass is 9.98. The molecule has 2 aromatic carbocycles. The second-order valence-electron chi connectivity index (χ2n) is 4.38. The largest absolute Gasteiger partial charge is 0.464 e. The van der Waals surface area contributed by atoms with Crippen LogP contribution in [0.25, 0.3) is 22.1 Å². The van der Waals surface area contributed by atoms with E-state index in [-0.39, 0.29) is 6.61 Å². The molecule has 3 nitrogen and oxygen atoms in total. The van der Waals surface area contributed by atoms with Gasteiger partial charge < -0.3 is 9.52 Å². The van der Waals surface area contributed by atoms with E-state index in [9.17, 15) is 9.90 Å². The molecule has 0 fully saturated rings. The summed E-state index contributed by atoms with van der Waals surface area (Å²) in [5.74, 6) is 0. The molecule has 19 heavy (non-hydrogen) atoms. The fraction of sp³-hybridized carbons (Fsp3) is 0.0625. The lowest BCUT2D eigenvalue weighted by molar-refractivity contribution is 0.112. The molecule has 0 spiro atoms. The van der Waals surface area contributed by atoms with Crippen molar-refractivity contribution in [3.8, 4) is 11.1 Å². The minimum Gasteiger partial charge on any atom is -0.464 e. The van der Waals surface area contributed by atoms with Crippen LogP contribution < -0.4 is 0 Å². The van der Waals surface area contributed by atoms with Crippen molar-refractivity contribution in [2.75, 3.05) is 0 Å². The second-order valence-corrected chi connectivity index (χ2v) is 4.38. The predicted octanol–water partition coefficient (Wildman–Crippen LogP) is 3.40. The predicted molar refractivity (Wildman–Crippen MR) is 73.0 cm³/mol. The number of hydrogen-bond acceptors (Lipinski definition) is 3. The molecule has 3 rings (SSSR count). The van der Waals surface area contributed by atoms with Gasteiger partial charge in [0.2, 0.25) is 0 Å². The maximum atomic E-state index is 11.0. The molecular formula is C16H12O3. The van der Waals surface area contributed by atoms with E-state index >= 15 is 0 Å². The summed E-state index contributed by atoms with van der Waals surface area (Å²) >= 11 is 0. The van der Waals surface area contributed by atoms with Gasteiger partial charge in [0, 0.05) is 10.9 Å². The molecule has 0 saturated carbocycles. The van der Waals surface area contributed by atoms with Gasteiger partial charge in [-0.2, -0.15) is 0 Å². The third kappa shape index (κ3) is 2.04. The van der Waals surface area contributed by atoms with Crippen molar-refractivity contribution >= 4 is 17.3 Å². The summed E-state index contributed by atoms with van der Waals surface area (Å²) in [6.07, 6.45) is 2.43. The molecule has 0 aliphatic rings. The Morgan fingerprint density at radius 2 is 2.05 bits per heavy atom. The van der Waals surface area contributed by atoms with Crippen molar-refractivity contribution in [1.29, 1.82) is 0 Å². The molecule has 1 N–H and O–H groups in total. The first-order valence-electron chi connectivity index (χ1n) is 5.98. The van der Waals surface area contributed by atoms with E-state index in [4.69, 9.17) is 4.42 Å². The highest BCUT2D eigenvalue weighted by molar-refractivity contribution is 5.95. The lowest BCUT2D eigenvalue weighted by Crippen LogP contribution is -1.90. The maximum Gasteiger partial charge on any atom is 0.150 e. The Hall–Kier alpha value is -2.39. The monoisotopic (exact) mass is 252 g/mol. The van der Waals surface area contributed by atoms with Gasteiger partial charge in [-0.15, -0.1) is 0 Å². The Bertz CT molecular complexity index is 741. The standard InChI is InChI=1S/C16H12O3/c17-9-11-6-12(10-18)8-13(7-11)14-2-1-3-16-15(14)4-5-19-16/h1-9,18H,10H2. The molecule has 0 bridgehead atoms. The number of carbonyl (C=O) groups is 1. The van der Waals surface area contributed by atoms with Crippen molar-refractivity contribution in [2.45, 2.75) is 6.61 Å². The molecule has 3 aromatic rings. The Morgan fingerprint density at radius 1 is 1.16 bits per heavy atom. The van der Waals surface area contributed by atoms with Crippen molar-refractivity contribution in [3.63, 3.8) is 0 Å². The van der Waals surface area contributed by atoms with Gasteiger partial charge >= 0.3 is 0 Å². The smallest absolute Gasteiger partial charge is 0.150 e. The normalized spacial score (nSPS) is 10.8. The molecule has 0 aliphatic heterocycles. The van der Waals surface area contributed by atoms with Crippen LogP contribution in [0.2, 0.25) is 0 Å². The van der Waals surface area contributed by atoms with Crippen LogP contribution in [-0.4, -0.2) is 11.4 Å². The Kier molecular flexibility index (Phi) is 2.89. The first kappa shape index (κ1) is 11.7. The summed E-state index contributed by atoms with van der Waals surface area (Å²) in [5, 5.41) is 10.3. The molecule has 0 unspecified atom stereocenters.